The fourth-order valence-electron chi connectivity index (χ4n) is 6.42. The predicted molar refractivity (Wildman–Crippen MR) is 186 cm³/mol. The van der Waals surface area contributed by atoms with Crippen molar-refractivity contribution in [2.24, 2.45) is 14.1 Å². The van der Waals surface area contributed by atoms with Crippen LogP contribution in [0.4, 0.5) is 16.4 Å². The molecule has 0 atom stereocenters. The van der Waals surface area contributed by atoms with Gasteiger partial charge in [0.2, 0.25) is 5.95 Å². The first kappa shape index (κ1) is 30.6. The van der Waals surface area contributed by atoms with Gasteiger partial charge in [0, 0.05) is 55.7 Å². The van der Waals surface area contributed by atoms with Crippen molar-refractivity contribution in [1.29, 1.82) is 5.26 Å². The number of aryl methyl sites for hydroxylation is 2. The van der Waals surface area contributed by atoms with E-state index in [2.05, 4.69) is 31.8 Å². The van der Waals surface area contributed by atoms with Crippen LogP contribution in [0.25, 0.3) is 33.4 Å². The summed E-state index contributed by atoms with van der Waals surface area (Å²) in [6.07, 6.45) is 10.5. The molecular formula is C37H36N10O. The minimum atomic E-state index is -0.116. The fraction of sp³-hybridized carbons (Fsp3) is 0.243. The van der Waals surface area contributed by atoms with Crippen molar-refractivity contribution in [3.8, 4) is 28.5 Å². The molecule has 2 amide bonds. The van der Waals surface area contributed by atoms with E-state index in [1.807, 2.05) is 109 Å². The Labute approximate surface area is 278 Å². The van der Waals surface area contributed by atoms with Crippen LogP contribution in [0.1, 0.15) is 36.8 Å². The lowest BCUT2D eigenvalue weighted by atomic mass is 9.90. The van der Waals surface area contributed by atoms with Crippen LogP contribution in [0.2, 0.25) is 0 Å². The molecule has 6 aromatic rings. The summed E-state index contributed by atoms with van der Waals surface area (Å²) in [4.78, 5) is 29.4. The highest BCUT2D eigenvalue weighted by atomic mass is 16.2. The summed E-state index contributed by atoms with van der Waals surface area (Å²) >= 11 is 0. The molecule has 0 spiro atoms. The van der Waals surface area contributed by atoms with Gasteiger partial charge in [0.05, 0.1) is 41.0 Å². The molecule has 240 valence electrons. The number of hydrogen-bond donors (Lipinski definition) is 2. The Morgan fingerprint density at radius 2 is 1.71 bits per heavy atom. The highest BCUT2D eigenvalue weighted by Crippen LogP contribution is 2.32. The van der Waals surface area contributed by atoms with E-state index in [9.17, 15) is 10.1 Å². The van der Waals surface area contributed by atoms with Gasteiger partial charge in [-0.15, -0.1) is 0 Å². The minimum absolute atomic E-state index is 0.0196. The number of amides is 2. The molecule has 0 aliphatic heterocycles. The van der Waals surface area contributed by atoms with Crippen LogP contribution in [-0.4, -0.2) is 47.4 Å². The van der Waals surface area contributed by atoms with Crippen molar-refractivity contribution < 1.29 is 4.79 Å². The first-order chi connectivity index (χ1) is 23.4. The van der Waals surface area contributed by atoms with Crippen LogP contribution in [0.3, 0.4) is 0 Å². The Morgan fingerprint density at radius 1 is 0.938 bits per heavy atom. The van der Waals surface area contributed by atoms with Gasteiger partial charge in [0.25, 0.3) is 0 Å². The first-order valence-corrected chi connectivity index (χ1v) is 16.1. The molecule has 11 heteroatoms. The number of hydrogen-bond acceptors (Lipinski definition) is 7. The van der Waals surface area contributed by atoms with E-state index in [1.54, 1.807) is 17.2 Å². The van der Waals surface area contributed by atoms with Crippen LogP contribution in [-0.2, 0) is 20.6 Å². The number of imidazole rings is 1. The maximum absolute atomic E-state index is 13.8. The van der Waals surface area contributed by atoms with Crippen molar-refractivity contribution in [1.82, 2.24) is 34.6 Å². The molecule has 48 heavy (non-hydrogen) atoms. The van der Waals surface area contributed by atoms with Crippen LogP contribution in [0, 0.1) is 11.3 Å². The summed E-state index contributed by atoms with van der Waals surface area (Å²) in [5, 5.41) is 20.8. The SMILES string of the molecule is Cn1cc(-c2ccc(N(C(=O)NCc3ccccc3)C3CCC(Nc4ncc(C#N)c(-c5ccc6ncn(C)c6c5)n4)CC3)cc2)cn1. The average Bonchev–Trinajstić information content (AvgIpc) is 3.73. The van der Waals surface area contributed by atoms with E-state index in [0.717, 1.165) is 64.7 Å². The van der Waals surface area contributed by atoms with Crippen LogP contribution in [0.15, 0.2) is 97.7 Å². The molecule has 2 N–H and O–H groups in total. The van der Waals surface area contributed by atoms with Gasteiger partial charge in [-0.3, -0.25) is 9.58 Å². The van der Waals surface area contributed by atoms with Crippen molar-refractivity contribution in [2.75, 3.05) is 10.2 Å². The first-order valence-electron chi connectivity index (χ1n) is 16.1. The third kappa shape index (κ3) is 6.46. The molecule has 3 heterocycles. The number of anilines is 2. The number of nitrogens with one attached hydrogen (secondary N) is 2. The third-order valence-electron chi connectivity index (χ3n) is 8.99. The molecular weight excluding hydrogens is 600 g/mol. The monoisotopic (exact) mass is 636 g/mol. The van der Waals surface area contributed by atoms with E-state index in [0.29, 0.717) is 23.8 Å². The summed E-state index contributed by atoms with van der Waals surface area (Å²) in [5.41, 5.74) is 7.67. The molecule has 1 fully saturated rings. The largest absolute Gasteiger partial charge is 0.351 e. The summed E-state index contributed by atoms with van der Waals surface area (Å²) in [6, 6.07) is 26.2. The Morgan fingerprint density at radius 3 is 2.44 bits per heavy atom. The van der Waals surface area contributed by atoms with E-state index < -0.39 is 0 Å². The van der Waals surface area contributed by atoms with E-state index in [1.165, 1.54) is 0 Å². The quantitative estimate of drug-likeness (QED) is 0.197. The van der Waals surface area contributed by atoms with Gasteiger partial charge in [0.15, 0.2) is 0 Å². The molecule has 11 nitrogen and oxygen atoms in total. The Bertz CT molecular complexity index is 2090. The Kier molecular flexibility index (Phi) is 8.53. The van der Waals surface area contributed by atoms with Gasteiger partial charge in [-0.25, -0.2) is 19.7 Å². The maximum atomic E-state index is 13.8. The van der Waals surface area contributed by atoms with Crippen molar-refractivity contribution >= 4 is 28.7 Å². The van der Waals surface area contributed by atoms with E-state index >= 15 is 0 Å². The topological polar surface area (TPSA) is 130 Å². The van der Waals surface area contributed by atoms with E-state index in [-0.39, 0.29) is 18.1 Å². The van der Waals surface area contributed by atoms with Gasteiger partial charge in [-0.1, -0.05) is 48.5 Å². The fourth-order valence-corrected chi connectivity index (χ4v) is 6.42. The highest BCUT2D eigenvalue weighted by Gasteiger charge is 2.30. The lowest BCUT2D eigenvalue weighted by molar-refractivity contribution is 0.240. The second kappa shape index (κ2) is 13.4. The predicted octanol–water partition coefficient (Wildman–Crippen LogP) is 6.44. The standard InChI is InChI=1S/C37H36N10O/c1-45-24-41-33-17-10-27(18-34(33)45)35-28(19-38)21-39-36(44-35)43-30-11-15-32(16-12-30)47(37(48)40-20-25-6-4-3-5-7-25)31-13-8-26(9-14-31)29-22-42-46(2)23-29/h3-10,13-14,17-18,21-24,30,32H,11-12,15-16,20H2,1-2H3,(H,40,48)(H,39,43,44). The Balaban J connectivity index is 1.07. The lowest BCUT2D eigenvalue weighted by Gasteiger charge is -2.37. The smallest absolute Gasteiger partial charge is 0.322 e. The second-order valence-corrected chi connectivity index (χ2v) is 12.2. The average molecular weight is 637 g/mol. The second-order valence-electron chi connectivity index (χ2n) is 12.2. The summed E-state index contributed by atoms with van der Waals surface area (Å²) in [5.74, 6) is 0.487. The Hall–Kier alpha value is -6.02. The van der Waals surface area contributed by atoms with Crippen molar-refractivity contribution in [2.45, 2.75) is 44.3 Å². The third-order valence-corrected chi connectivity index (χ3v) is 8.99. The molecule has 0 radical (unpaired) electrons. The van der Waals surface area contributed by atoms with E-state index in [4.69, 9.17) is 4.98 Å². The summed E-state index contributed by atoms with van der Waals surface area (Å²) in [6.45, 7) is 0.451. The number of urea groups is 1. The molecule has 3 aromatic carbocycles. The normalized spacial score (nSPS) is 15.9. The van der Waals surface area contributed by atoms with Gasteiger partial charge < -0.3 is 15.2 Å². The van der Waals surface area contributed by atoms with Crippen LogP contribution < -0.4 is 15.5 Å². The number of benzene rings is 3. The molecule has 0 saturated heterocycles. The molecule has 1 aliphatic rings. The van der Waals surface area contributed by atoms with Crippen LogP contribution >= 0.6 is 0 Å². The number of carbonyl (C=O) groups is 1. The van der Waals surface area contributed by atoms with Gasteiger partial charge in [0.1, 0.15) is 6.07 Å². The number of aromatic nitrogens is 6. The molecule has 7 rings (SSSR count). The minimum Gasteiger partial charge on any atom is -0.351 e. The maximum Gasteiger partial charge on any atom is 0.322 e. The van der Waals surface area contributed by atoms with Gasteiger partial charge in [-0.2, -0.15) is 10.4 Å². The number of rotatable bonds is 8. The number of carbonyl (C=O) groups excluding carboxylic acids is 1. The number of nitriles is 1. The highest BCUT2D eigenvalue weighted by molar-refractivity contribution is 5.93. The molecule has 3 aromatic heterocycles. The van der Waals surface area contributed by atoms with Crippen molar-refractivity contribution in [3.63, 3.8) is 0 Å². The zero-order valence-corrected chi connectivity index (χ0v) is 26.9. The number of fused-ring (bicyclic) bond motifs is 1. The molecule has 1 saturated carbocycles. The zero-order chi connectivity index (χ0) is 33.0. The molecule has 1 aliphatic carbocycles. The summed E-state index contributed by atoms with van der Waals surface area (Å²) in [7, 11) is 3.84. The number of nitrogens with zero attached hydrogens (tertiary/aromatic N) is 8. The van der Waals surface area contributed by atoms with Crippen molar-refractivity contribution in [3.05, 3.63) is 109 Å². The zero-order valence-electron chi connectivity index (χ0n) is 26.9. The summed E-state index contributed by atoms with van der Waals surface area (Å²) < 4.78 is 3.73. The lowest BCUT2D eigenvalue weighted by Crippen LogP contribution is -2.48. The van der Waals surface area contributed by atoms with Crippen LogP contribution in [0.5, 0.6) is 0 Å². The van der Waals surface area contributed by atoms with Gasteiger partial charge in [-0.05, 0) is 61.1 Å². The molecule has 0 bridgehead atoms. The molecule has 0 unspecified atom stereocenters. The van der Waals surface area contributed by atoms with Gasteiger partial charge >= 0.3 is 6.03 Å².